The van der Waals surface area contributed by atoms with Gasteiger partial charge in [-0.25, -0.2) is 0 Å². The molecule has 1 N–H and O–H groups in total. The van der Waals surface area contributed by atoms with E-state index in [9.17, 15) is 9.59 Å². The van der Waals surface area contributed by atoms with E-state index >= 15 is 0 Å². The van der Waals surface area contributed by atoms with Crippen molar-refractivity contribution in [1.82, 2.24) is 4.90 Å². The zero-order valence-corrected chi connectivity index (χ0v) is 20.1. The molecule has 1 saturated heterocycles. The van der Waals surface area contributed by atoms with Gasteiger partial charge in [-0.3, -0.25) is 9.59 Å². The average Bonchev–Trinajstić information content (AvgIpc) is 3.18. The summed E-state index contributed by atoms with van der Waals surface area (Å²) in [4.78, 5) is 30.4. The van der Waals surface area contributed by atoms with Gasteiger partial charge in [0, 0.05) is 0 Å². The van der Waals surface area contributed by atoms with Crippen LogP contribution in [0.2, 0.25) is 0 Å². The first-order chi connectivity index (χ1) is 17.1. The molecular formula is C26H29N2O7+. The molecule has 0 saturated carbocycles. The Bertz CT molecular complexity index is 1290. The van der Waals surface area contributed by atoms with Gasteiger partial charge in [0.15, 0.2) is 16.9 Å². The fraction of sp³-hybridized carbons (Fsp3) is 0.385. The van der Waals surface area contributed by atoms with Gasteiger partial charge in [0.25, 0.3) is 5.91 Å². The molecule has 0 unspecified atom stereocenters. The first-order valence-corrected chi connectivity index (χ1v) is 11.6. The van der Waals surface area contributed by atoms with E-state index in [2.05, 4.69) is 0 Å². The predicted molar refractivity (Wildman–Crippen MR) is 128 cm³/mol. The lowest BCUT2D eigenvalue weighted by molar-refractivity contribution is -0.907. The molecule has 5 rings (SSSR count). The van der Waals surface area contributed by atoms with Gasteiger partial charge < -0.3 is 33.2 Å². The highest BCUT2D eigenvalue weighted by molar-refractivity contribution is 5.99. The standard InChI is InChI=1S/C26H28N2O7/c1-31-19-14-16(15-20(32-2)24(19)33-3)22-21-23(29)17-6-4-5-7-18(17)35-25(21)26(30)28(22)9-8-27-10-12-34-13-11-27/h4-7,14-15,22H,8-13H2,1-3H3/p+1/t22-/m1/s1. The van der Waals surface area contributed by atoms with Gasteiger partial charge in [0.05, 0.1) is 64.6 Å². The van der Waals surface area contributed by atoms with Gasteiger partial charge >= 0.3 is 0 Å². The number of carbonyl (C=O) groups excluding carboxylic acids is 1. The van der Waals surface area contributed by atoms with Gasteiger partial charge in [-0.05, 0) is 29.8 Å². The first kappa shape index (κ1) is 23.2. The van der Waals surface area contributed by atoms with E-state index in [1.807, 2.05) is 0 Å². The maximum atomic E-state index is 13.7. The number of amides is 1. The van der Waals surface area contributed by atoms with E-state index in [-0.39, 0.29) is 17.1 Å². The third-order valence-corrected chi connectivity index (χ3v) is 6.78. The van der Waals surface area contributed by atoms with Crippen LogP contribution < -0.4 is 24.5 Å². The van der Waals surface area contributed by atoms with Crippen molar-refractivity contribution in [2.45, 2.75) is 6.04 Å². The highest BCUT2D eigenvalue weighted by atomic mass is 16.5. The summed E-state index contributed by atoms with van der Waals surface area (Å²) in [6, 6.07) is 9.93. The maximum Gasteiger partial charge on any atom is 0.291 e. The number of morpholine rings is 1. The van der Waals surface area contributed by atoms with Crippen LogP contribution in [0.25, 0.3) is 11.0 Å². The number of hydrogen-bond acceptors (Lipinski definition) is 7. The van der Waals surface area contributed by atoms with E-state index in [1.54, 1.807) is 41.3 Å². The second-order valence-corrected chi connectivity index (χ2v) is 8.64. The number of carbonyl (C=O) groups is 1. The third-order valence-electron chi connectivity index (χ3n) is 6.78. The second-order valence-electron chi connectivity index (χ2n) is 8.64. The number of para-hydroxylation sites is 1. The highest BCUT2D eigenvalue weighted by Crippen LogP contribution is 2.44. The number of rotatable bonds is 7. The summed E-state index contributed by atoms with van der Waals surface area (Å²) in [7, 11) is 4.61. The Morgan fingerprint density at radius 3 is 2.34 bits per heavy atom. The van der Waals surface area contributed by atoms with Crippen LogP contribution in [0.3, 0.4) is 0 Å². The Balaban J connectivity index is 1.65. The number of quaternary nitrogens is 1. The van der Waals surface area contributed by atoms with Crippen molar-refractivity contribution in [3.05, 3.63) is 63.5 Å². The molecule has 9 heteroatoms. The molecule has 1 aromatic heterocycles. The molecular weight excluding hydrogens is 452 g/mol. The Kier molecular flexibility index (Phi) is 6.36. The fourth-order valence-corrected chi connectivity index (χ4v) is 4.99. The molecule has 0 bridgehead atoms. The lowest BCUT2D eigenvalue weighted by Gasteiger charge is -2.29. The van der Waals surface area contributed by atoms with Gasteiger partial charge in [-0.15, -0.1) is 0 Å². The fourth-order valence-electron chi connectivity index (χ4n) is 4.99. The molecule has 0 spiro atoms. The van der Waals surface area contributed by atoms with Crippen molar-refractivity contribution < 1.29 is 33.1 Å². The minimum absolute atomic E-state index is 0.0874. The van der Waals surface area contributed by atoms with E-state index in [0.717, 1.165) is 19.6 Å². The van der Waals surface area contributed by atoms with Crippen LogP contribution in [0.1, 0.15) is 27.7 Å². The number of nitrogens with zero attached hydrogens (tertiary/aromatic N) is 1. The van der Waals surface area contributed by atoms with E-state index in [1.165, 1.54) is 26.2 Å². The van der Waals surface area contributed by atoms with Crippen molar-refractivity contribution >= 4 is 16.9 Å². The number of methoxy groups -OCH3 is 3. The SMILES string of the molecule is COc1cc([C@@H]2c3c(oc4ccccc4c3=O)C(=O)N2CC[NH+]2CCOCC2)cc(OC)c1OC. The van der Waals surface area contributed by atoms with Crippen LogP contribution in [0.15, 0.2) is 45.6 Å². The molecule has 1 fully saturated rings. The van der Waals surface area contributed by atoms with Gasteiger partial charge in [0.1, 0.15) is 18.7 Å². The summed E-state index contributed by atoms with van der Waals surface area (Å²) in [5, 5.41) is 0.442. The van der Waals surface area contributed by atoms with Crippen LogP contribution in [-0.2, 0) is 4.74 Å². The zero-order chi connectivity index (χ0) is 24.5. The van der Waals surface area contributed by atoms with Gasteiger partial charge in [-0.1, -0.05) is 12.1 Å². The van der Waals surface area contributed by atoms with Crippen molar-refractivity contribution in [1.29, 1.82) is 0 Å². The molecule has 1 amide bonds. The molecule has 184 valence electrons. The molecule has 0 aliphatic carbocycles. The molecule has 2 aromatic carbocycles. The molecule has 2 aliphatic heterocycles. The summed E-state index contributed by atoms with van der Waals surface area (Å²) in [5.41, 5.74) is 1.20. The number of fused-ring (bicyclic) bond motifs is 2. The Morgan fingerprint density at radius 1 is 1.00 bits per heavy atom. The van der Waals surface area contributed by atoms with Crippen LogP contribution >= 0.6 is 0 Å². The van der Waals surface area contributed by atoms with Gasteiger partial charge in [0.2, 0.25) is 11.5 Å². The van der Waals surface area contributed by atoms with Crippen molar-refractivity contribution in [3.63, 3.8) is 0 Å². The highest BCUT2D eigenvalue weighted by Gasteiger charge is 2.43. The first-order valence-electron chi connectivity index (χ1n) is 11.6. The number of ether oxygens (including phenoxy) is 4. The van der Waals surface area contributed by atoms with Crippen LogP contribution in [-0.4, -0.2) is 71.5 Å². The molecule has 3 heterocycles. The molecule has 3 aromatic rings. The van der Waals surface area contributed by atoms with E-state index < -0.39 is 6.04 Å². The summed E-state index contributed by atoms with van der Waals surface area (Å²) >= 11 is 0. The molecule has 2 aliphatic rings. The van der Waals surface area contributed by atoms with Crippen molar-refractivity contribution in [2.24, 2.45) is 0 Å². The third kappa shape index (κ3) is 4.00. The van der Waals surface area contributed by atoms with Gasteiger partial charge in [-0.2, -0.15) is 0 Å². The zero-order valence-electron chi connectivity index (χ0n) is 20.1. The van der Waals surface area contributed by atoms with Crippen LogP contribution in [0, 0.1) is 0 Å². The van der Waals surface area contributed by atoms with Crippen LogP contribution in [0.4, 0.5) is 0 Å². The normalized spacial score (nSPS) is 18.1. The quantitative estimate of drug-likeness (QED) is 0.544. The Morgan fingerprint density at radius 2 is 1.69 bits per heavy atom. The Hall–Kier alpha value is -3.56. The lowest BCUT2D eigenvalue weighted by atomic mass is 9.97. The number of benzene rings is 2. The maximum absolute atomic E-state index is 13.7. The smallest absolute Gasteiger partial charge is 0.291 e. The van der Waals surface area contributed by atoms with E-state index in [4.69, 9.17) is 23.4 Å². The second kappa shape index (κ2) is 9.59. The summed E-state index contributed by atoms with van der Waals surface area (Å²) in [6.45, 7) is 4.35. The predicted octanol–water partition coefficient (Wildman–Crippen LogP) is 1.28. The summed E-state index contributed by atoms with van der Waals surface area (Å²) in [5.74, 6) is 1.13. The number of nitrogens with one attached hydrogen (secondary N) is 1. The Labute approximate surface area is 202 Å². The largest absolute Gasteiger partial charge is 0.493 e. The average molecular weight is 482 g/mol. The summed E-state index contributed by atoms with van der Waals surface area (Å²) in [6.07, 6.45) is 0. The monoisotopic (exact) mass is 481 g/mol. The lowest BCUT2D eigenvalue weighted by Crippen LogP contribution is -3.14. The van der Waals surface area contributed by atoms with E-state index in [0.29, 0.717) is 59.1 Å². The number of hydrogen-bond donors (Lipinski definition) is 1. The molecule has 1 atom stereocenters. The molecule has 9 nitrogen and oxygen atoms in total. The molecule has 0 radical (unpaired) electrons. The van der Waals surface area contributed by atoms with Crippen molar-refractivity contribution in [3.8, 4) is 17.2 Å². The molecule has 35 heavy (non-hydrogen) atoms. The minimum atomic E-state index is -0.646. The topological polar surface area (TPSA) is 91.9 Å². The van der Waals surface area contributed by atoms with Crippen molar-refractivity contribution in [2.75, 3.05) is 60.7 Å². The minimum Gasteiger partial charge on any atom is -0.493 e. The van der Waals surface area contributed by atoms with Crippen LogP contribution in [0.5, 0.6) is 17.2 Å². The summed E-state index contributed by atoms with van der Waals surface area (Å²) < 4.78 is 28.1.